The number of hydrogen-bond donors (Lipinski definition) is 1. The Bertz CT molecular complexity index is 259. The third-order valence-corrected chi connectivity index (χ3v) is 1.99. The monoisotopic (exact) mass is 180 g/mol. The molecule has 1 heterocycles. The molecule has 1 N–H and O–H groups in total. The van der Waals surface area contributed by atoms with Crippen molar-refractivity contribution >= 4 is 5.97 Å². The molecule has 0 spiro atoms. The maximum atomic E-state index is 11.0. The number of carbonyl (C=O) groups excluding carboxylic acids is 1. The predicted molar refractivity (Wildman–Crippen MR) is 46.7 cm³/mol. The van der Waals surface area contributed by atoms with Crippen molar-refractivity contribution in [2.45, 2.75) is 18.9 Å². The minimum Gasteiger partial charge on any atom is -0.465 e. The number of carbonyl (C=O) groups is 1. The number of rotatable bonds is 2. The Hall–Kier alpha value is -1.34. The van der Waals surface area contributed by atoms with E-state index in [0.29, 0.717) is 0 Å². The third-order valence-electron chi connectivity index (χ3n) is 1.99. The van der Waals surface area contributed by atoms with Crippen molar-refractivity contribution in [2.75, 3.05) is 13.7 Å². The minimum absolute atomic E-state index is 0.0851. The molecule has 1 saturated heterocycles. The molecule has 0 aliphatic carbocycles. The van der Waals surface area contributed by atoms with E-state index in [1.54, 1.807) is 6.08 Å². The first-order chi connectivity index (χ1) is 6.27. The predicted octanol–water partition coefficient (Wildman–Crippen LogP) is 0.361. The van der Waals surface area contributed by atoms with Gasteiger partial charge in [0.25, 0.3) is 0 Å². The molecule has 0 bridgehead atoms. The van der Waals surface area contributed by atoms with Crippen LogP contribution >= 0.6 is 0 Å². The normalized spacial score (nSPS) is 22.5. The van der Waals surface area contributed by atoms with Gasteiger partial charge in [-0.2, -0.15) is 5.26 Å². The number of nitriles is 1. The quantitative estimate of drug-likeness (QED) is 0.378. The first-order valence-electron chi connectivity index (χ1n) is 4.21. The molecule has 0 amide bonds. The van der Waals surface area contributed by atoms with Crippen molar-refractivity contribution in [3.8, 4) is 6.07 Å². The summed E-state index contributed by atoms with van der Waals surface area (Å²) in [5.41, 5.74) is 0.0851. The van der Waals surface area contributed by atoms with E-state index >= 15 is 0 Å². The summed E-state index contributed by atoms with van der Waals surface area (Å²) in [7, 11) is 1.27. The van der Waals surface area contributed by atoms with Crippen molar-refractivity contribution in [3.63, 3.8) is 0 Å². The van der Waals surface area contributed by atoms with Crippen LogP contribution in [0.15, 0.2) is 11.6 Å². The summed E-state index contributed by atoms with van der Waals surface area (Å²) in [5.74, 6) is -0.559. The molecule has 0 aromatic rings. The lowest BCUT2D eigenvalue weighted by atomic mass is 10.1. The van der Waals surface area contributed by atoms with Gasteiger partial charge in [-0.3, -0.25) is 0 Å². The third kappa shape index (κ3) is 2.56. The van der Waals surface area contributed by atoms with E-state index in [1.165, 1.54) is 7.11 Å². The maximum Gasteiger partial charge on any atom is 0.348 e. The van der Waals surface area contributed by atoms with E-state index < -0.39 is 5.97 Å². The second-order valence-corrected chi connectivity index (χ2v) is 2.89. The van der Waals surface area contributed by atoms with Crippen LogP contribution in [0.3, 0.4) is 0 Å². The Balaban J connectivity index is 2.65. The standard InChI is InChI=1S/C9H12N2O2/c1-13-9(12)7(6-10)5-8-3-2-4-11-8/h5,8,11H,2-4H2,1H3/b7-5+. The van der Waals surface area contributed by atoms with Crippen LogP contribution in [0.5, 0.6) is 0 Å². The molecule has 1 aliphatic heterocycles. The summed E-state index contributed by atoms with van der Waals surface area (Å²) in [6, 6.07) is 1.97. The van der Waals surface area contributed by atoms with Crippen molar-refractivity contribution in [1.29, 1.82) is 5.26 Å². The van der Waals surface area contributed by atoms with Gasteiger partial charge in [-0.05, 0) is 25.5 Å². The van der Waals surface area contributed by atoms with E-state index in [2.05, 4.69) is 10.1 Å². The molecule has 0 aromatic heterocycles. The van der Waals surface area contributed by atoms with E-state index in [4.69, 9.17) is 5.26 Å². The van der Waals surface area contributed by atoms with E-state index in [0.717, 1.165) is 19.4 Å². The molecule has 0 saturated carbocycles. The molecule has 1 aliphatic rings. The zero-order chi connectivity index (χ0) is 9.68. The minimum atomic E-state index is -0.559. The van der Waals surface area contributed by atoms with Gasteiger partial charge in [0, 0.05) is 6.04 Å². The smallest absolute Gasteiger partial charge is 0.348 e. The first-order valence-corrected chi connectivity index (χ1v) is 4.21. The average Bonchev–Trinajstić information content (AvgIpc) is 2.65. The maximum absolute atomic E-state index is 11.0. The van der Waals surface area contributed by atoms with Gasteiger partial charge >= 0.3 is 5.97 Å². The summed E-state index contributed by atoms with van der Waals surface area (Å²) in [6.45, 7) is 0.945. The molecule has 4 nitrogen and oxygen atoms in total. The van der Waals surface area contributed by atoms with Gasteiger partial charge in [0.1, 0.15) is 11.6 Å². The molecule has 4 heteroatoms. The number of nitrogens with zero attached hydrogens (tertiary/aromatic N) is 1. The topological polar surface area (TPSA) is 62.1 Å². The summed E-state index contributed by atoms with van der Waals surface area (Å²) in [4.78, 5) is 11.0. The van der Waals surface area contributed by atoms with Crippen molar-refractivity contribution in [3.05, 3.63) is 11.6 Å². The summed E-state index contributed by atoms with van der Waals surface area (Å²) in [6.07, 6.45) is 3.70. The van der Waals surface area contributed by atoms with Gasteiger partial charge < -0.3 is 10.1 Å². The second kappa shape index (κ2) is 4.63. The van der Waals surface area contributed by atoms with Crippen molar-refractivity contribution in [1.82, 2.24) is 5.32 Å². The van der Waals surface area contributed by atoms with Gasteiger partial charge in [-0.1, -0.05) is 0 Å². The lowest BCUT2D eigenvalue weighted by molar-refractivity contribution is -0.135. The van der Waals surface area contributed by atoms with E-state index in [-0.39, 0.29) is 11.6 Å². The molecule has 13 heavy (non-hydrogen) atoms. The summed E-state index contributed by atoms with van der Waals surface area (Å²) < 4.78 is 4.46. The highest BCUT2D eigenvalue weighted by Crippen LogP contribution is 2.09. The lowest BCUT2D eigenvalue weighted by Crippen LogP contribution is -2.20. The van der Waals surface area contributed by atoms with Gasteiger partial charge in [-0.25, -0.2) is 4.79 Å². The van der Waals surface area contributed by atoms with Crippen LogP contribution in [0.2, 0.25) is 0 Å². The van der Waals surface area contributed by atoms with Crippen molar-refractivity contribution in [2.24, 2.45) is 0 Å². The second-order valence-electron chi connectivity index (χ2n) is 2.89. The van der Waals surface area contributed by atoms with Crippen molar-refractivity contribution < 1.29 is 9.53 Å². The fourth-order valence-electron chi connectivity index (χ4n) is 1.32. The highest BCUT2D eigenvalue weighted by atomic mass is 16.5. The van der Waals surface area contributed by atoms with Crippen LogP contribution in [0, 0.1) is 11.3 Å². The van der Waals surface area contributed by atoms with Gasteiger partial charge in [0.05, 0.1) is 7.11 Å². The first kappa shape index (κ1) is 9.75. The largest absolute Gasteiger partial charge is 0.465 e. The Kier molecular flexibility index (Phi) is 3.47. The Morgan fingerprint density at radius 2 is 2.54 bits per heavy atom. The summed E-state index contributed by atoms with van der Waals surface area (Å²) >= 11 is 0. The number of hydrogen-bond acceptors (Lipinski definition) is 4. The zero-order valence-electron chi connectivity index (χ0n) is 7.54. The molecule has 1 unspecified atom stereocenters. The molecule has 1 atom stereocenters. The molecule has 1 fully saturated rings. The van der Waals surface area contributed by atoms with Gasteiger partial charge in [0.2, 0.25) is 0 Å². The number of nitrogens with one attached hydrogen (secondary N) is 1. The van der Waals surface area contributed by atoms with Crippen LogP contribution < -0.4 is 5.32 Å². The fraction of sp³-hybridized carbons (Fsp3) is 0.556. The zero-order valence-corrected chi connectivity index (χ0v) is 7.54. The number of methoxy groups -OCH3 is 1. The van der Waals surface area contributed by atoms with Gasteiger partial charge in [-0.15, -0.1) is 0 Å². The van der Waals surface area contributed by atoms with Crippen LogP contribution in [-0.4, -0.2) is 25.7 Å². The lowest BCUT2D eigenvalue weighted by Gasteiger charge is -2.03. The highest BCUT2D eigenvalue weighted by Gasteiger charge is 2.15. The Labute approximate surface area is 77.2 Å². The molecule has 70 valence electrons. The molecule has 0 aromatic carbocycles. The van der Waals surface area contributed by atoms with E-state index in [9.17, 15) is 4.79 Å². The SMILES string of the molecule is COC(=O)/C(C#N)=C/C1CCCN1. The average molecular weight is 180 g/mol. The fourth-order valence-corrected chi connectivity index (χ4v) is 1.32. The molecule has 0 radical (unpaired) electrons. The number of esters is 1. The van der Waals surface area contributed by atoms with Crippen LogP contribution in [-0.2, 0) is 9.53 Å². The van der Waals surface area contributed by atoms with E-state index in [1.807, 2.05) is 6.07 Å². The molecular formula is C9H12N2O2. The number of ether oxygens (including phenoxy) is 1. The van der Waals surface area contributed by atoms with Crippen LogP contribution in [0.25, 0.3) is 0 Å². The highest BCUT2D eigenvalue weighted by molar-refractivity contribution is 5.92. The van der Waals surface area contributed by atoms with Gasteiger partial charge in [0.15, 0.2) is 0 Å². The summed E-state index contributed by atoms with van der Waals surface area (Å²) in [5, 5.41) is 11.8. The van der Waals surface area contributed by atoms with Crippen LogP contribution in [0.4, 0.5) is 0 Å². The van der Waals surface area contributed by atoms with Crippen LogP contribution in [0.1, 0.15) is 12.8 Å². The molecule has 1 rings (SSSR count). The Morgan fingerprint density at radius 3 is 3.00 bits per heavy atom. The Morgan fingerprint density at radius 1 is 1.77 bits per heavy atom. The molecular weight excluding hydrogens is 168 g/mol.